The van der Waals surface area contributed by atoms with Crippen molar-refractivity contribution in [1.82, 2.24) is 4.90 Å². The average molecular weight is 475 g/mol. The number of aliphatic imine (C=N–C) groups is 1. The van der Waals surface area contributed by atoms with Crippen molar-refractivity contribution in [2.24, 2.45) is 4.99 Å². The van der Waals surface area contributed by atoms with Crippen LogP contribution in [-0.4, -0.2) is 27.7 Å². The topological polar surface area (TPSA) is 39.5 Å². The van der Waals surface area contributed by atoms with Crippen LogP contribution in [0, 0.1) is 12.3 Å². The first kappa shape index (κ1) is 21.6. The number of nitrogens with zero attached hydrogens (tertiary/aromatic N) is 2. The van der Waals surface area contributed by atoms with Crippen LogP contribution in [0.4, 0.5) is 0 Å². The Hall–Kier alpha value is -1.69. The molecule has 2 aromatic rings. The van der Waals surface area contributed by atoms with Gasteiger partial charge in [-0.1, -0.05) is 104 Å². The highest BCUT2D eigenvalue weighted by molar-refractivity contribution is 14.1. The Morgan fingerprint density at radius 2 is 1.59 bits per heavy atom. The number of aryl methyl sites for hydroxylation is 1. The molecule has 4 heteroatoms. The normalized spacial score (nSPS) is 12.9. The SMILES string of the molecule is CCCC(I)N(C)C(=NC(=N)c1ccc(C)cc1)c1ccc(C(C)C)cc1. The smallest absolute Gasteiger partial charge is 0.154 e. The van der Waals surface area contributed by atoms with E-state index in [-0.39, 0.29) is 0 Å². The molecule has 0 amide bonds. The standard InChI is InChI=1S/C23H30IN3/c1-6-7-21(24)27(5)23(20-14-12-18(13-15-20)16(2)3)26-22(25)19-10-8-17(4)9-11-19/h8-16,21,25H,6-7H2,1-5H3. The fraction of sp³-hybridized carbons (Fsp3) is 0.391. The number of rotatable bonds is 6. The molecule has 0 heterocycles. The maximum Gasteiger partial charge on any atom is 0.154 e. The molecule has 0 bridgehead atoms. The van der Waals surface area contributed by atoms with E-state index >= 15 is 0 Å². The van der Waals surface area contributed by atoms with Crippen LogP contribution in [0.2, 0.25) is 0 Å². The lowest BCUT2D eigenvalue weighted by Gasteiger charge is -2.27. The lowest BCUT2D eigenvalue weighted by atomic mass is 10.0. The molecule has 0 aliphatic heterocycles. The third-order valence-corrected chi connectivity index (χ3v) is 6.12. The summed E-state index contributed by atoms with van der Waals surface area (Å²) in [6.45, 7) is 8.65. The Morgan fingerprint density at radius 3 is 2.11 bits per heavy atom. The number of amidine groups is 2. The van der Waals surface area contributed by atoms with E-state index in [4.69, 9.17) is 10.4 Å². The first-order valence-electron chi connectivity index (χ1n) is 9.55. The molecule has 0 aromatic heterocycles. The molecule has 2 rings (SSSR count). The van der Waals surface area contributed by atoms with Crippen LogP contribution in [0.15, 0.2) is 53.5 Å². The zero-order chi connectivity index (χ0) is 20.0. The predicted molar refractivity (Wildman–Crippen MR) is 126 cm³/mol. The molecule has 0 aliphatic carbocycles. The van der Waals surface area contributed by atoms with Crippen molar-refractivity contribution in [3.63, 3.8) is 0 Å². The maximum absolute atomic E-state index is 8.51. The van der Waals surface area contributed by atoms with Gasteiger partial charge in [0, 0.05) is 18.2 Å². The van der Waals surface area contributed by atoms with Crippen LogP contribution in [0.25, 0.3) is 0 Å². The second-order valence-electron chi connectivity index (χ2n) is 7.26. The van der Waals surface area contributed by atoms with Gasteiger partial charge in [0.05, 0.1) is 4.05 Å². The lowest BCUT2D eigenvalue weighted by Crippen LogP contribution is -2.34. The monoisotopic (exact) mass is 475 g/mol. The second-order valence-corrected chi connectivity index (χ2v) is 8.70. The van der Waals surface area contributed by atoms with E-state index in [1.807, 2.05) is 24.3 Å². The van der Waals surface area contributed by atoms with Crippen molar-refractivity contribution in [2.75, 3.05) is 7.05 Å². The van der Waals surface area contributed by atoms with E-state index in [1.165, 1.54) is 11.1 Å². The summed E-state index contributed by atoms with van der Waals surface area (Å²) in [5, 5.41) is 8.51. The van der Waals surface area contributed by atoms with E-state index in [9.17, 15) is 0 Å². The highest BCUT2D eigenvalue weighted by atomic mass is 127. The van der Waals surface area contributed by atoms with E-state index in [0.717, 1.165) is 29.8 Å². The highest BCUT2D eigenvalue weighted by Crippen LogP contribution is 2.20. The molecule has 0 spiro atoms. The van der Waals surface area contributed by atoms with Gasteiger partial charge in [-0.15, -0.1) is 0 Å². The molecule has 0 aliphatic rings. The van der Waals surface area contributed by atoms with Crippen LogP contribution in [-0.2, 0) is 0 Å². The first-order valence-corrected chi connectivity index (χ1v) is 10.8. The molecule has 27 heavy (non-hydrogen) atoms. The minimum absolute atomic E-state index is 0.296. The Morgan fingerprint density at radius 1 is 1.04 bits per heavy atom. The molecular formula is C23H30IN3. The van der Waals surface area contributed by atoms with Gasteiger partial charge >= 0.3 is 0 Å². The lowest BCUT2D eigenvalue weighted by molar-refractivity contribution is 0.465. The molecule has 0 saturated heterocycles. The minimum Gasteiger partial charge on any atom is -0.347 e. The Bertz CT molecular complexity index is 776. The van der Waals surface area contributed by atoms with Gasteiger partial charge in [-0.3, -0.25) is 5.41 Å². The zero-order valence-corrected chi connectivity index (χ0v) is 19.1. The number of benzene rings is 2. The van der Waals surface area contributed by atoms with Crippen molar-refractivity contribution in [1.29, 1.82) is 5.41 Å². The summed E-state index contributed by atoms with van der Waals surface area (Å²) in [7, 11) is 2.07. The molecule has 3 nitrogen and oxygen atoms in total. The van der Waals surface area contributed by atoms with Crippen LogP contribution in [0.1, 0.15) is 61.8 Å². The molecule has 1 unspecified atom stereocenters. The largest absolute Gasteiger partial charge is 0.347 e. The van der Waals surface area contributed by atoms with Gasteiger partial charge in [0.1, 0.15) is 5.84 Å². The summed E-state index contributed by atoms with van der Waals surface area (Å²) in [6.07, 6.45) is 2.20. The van der Waals surface area contributed by atoms with Crippen LogP contribution >= 0.6 is 22.6 Å². The zero-order valence-electron chi connectivity index (χ0n) is 17.0. The molecule has 1 atom stereocenters. The summed E-state index contributed by atoms with van der Waals surface area (Å²) in [6, 6.07) is 16.6. The Kier molecular flexibility index (Phi) is 8.02. The number of hydrogen-bond acceptors (Lipinski definition) is 1. The van der Waals surface area contributed by atoms with Crippen LogP contribution in [0.3, 0.4) is 0 Å². The first-order chi connectivity index (χ1) is 12.8. The van der Waals surface area contributed by atoms with Crippen molar-refractivity contribution < 1.29 is 0 Å². The van der Waals surface area contributed by atoms with Gasteiger partial charge in [-0.2, -0.15) is 0 Å². The van der Waals surface area contributed by atoms with Gasteiger partial charge in [0.15, 0.2) is 5.84 Å². The summed E-state index contributed by atoms with van der Waals surface area (Å²) in [4.78, 5) is 6.94. The molecule has 0 fully saturated rings. The number of alkyl halides is 1. The van der Waals surface area contributed by atoms with Crippen molar-refractivity contribution in [3.8, 4) is 0 Å². The second kappa shape index (κ2) is 10.0. The third-order valence-electron chi connectivity index (χ3n) is 4.66. The molecule has 144 valence electrons. The Labute approximate surface area is 177 Å². The fourth-order valence-corrected chi connectivity index (χ4v) is 3.70. The molecule has 0 saturated carbocycles. The molecular weight excluding hydrogens is 445 g/mol. The average Bonchev–Trinajstić information content (AvgIpc) is 2.66. The van der Waals surface area contributed by atoms with E-state index in [2.05, 4.69) is 86.5 Å². The van der Waals surface area contributed by atoms with Gasteiger partial charge in [-0.05, 0) is 24.8 Å². The van der Waals surface area contributed by atoms with Crippen molar-refractivity contribution in [2.45, 2.75) is 50.5 Å². The van der Waals surface area contributed by atoms with E-state index < -0.39 is 0 Å². The predicted octanol–water partition coefficient (Wildman–Crippen LogP) is 6.38. The molecule has 1 N–H and O–H groups in total. The van der Waals surface area contributed by atoms with E-state index in [1.54, 1.807) is 0 Å². The highest BCUT2D eigenvalue weighted by Gasteiger charge is 2.18. The summed E-state index contributed by atoms with van der Waals surface area (Å²) < 4.78 is 0.335. The van der Waals surface area contributed by atoms with Gasteiger partial charge in [-0.25, -0.2) is 4.99 Å². The Balaban J connectivity index is 2.42. The van der Waals surface area contributed by atoms with Crippen LogP contribution in [0.5, 0.6) is 0 Å². The summed E-state index contributed by atoms with van der Waals surface area (Å²) in [5.41, 5.74) is 4.39. The summed E-state index contributed by atoms with van der Waals surface area (Å²) >= 11 is 2.47. The summed E-state index contributed by atoms with van der Waals surface area (Å²) in [5.74, 6) is 1.65. The molecule has 0 radical (unpaired) electrons. The number of hydrogen-bond donors (Lipinski definition) is 1. The fourth-order valence-electron chi connectivity index (χ4n) is 2.81. The van der Waals surface area contributed by atoms with Gasteiger partial charge in [0.2, 0.25) is 0 Å². The third kappa shape index (κ3) is 5.89. The van der Waals surface area contributed by atoms with E-state index in [0.29, 0.717) is 15.8 Å². The van der Waals surface area contributed by atoms with Crippen molar-refractivity contribution in [3.05, 3.63) is 70.8 Å². The van der Waals surface area contributed by atoms with Crippen LogP contribution < -0.4 is 0 Å². The van der Waals surface area contributed by atoms with Gasteiger partial charge < -0.3 is 4.90 Å². The van der Waals surface area contributed by atoms with Gasteiger partial charge in [0.25, 0.3) is 0 Å². The maximum atomic E-state index is 8.51. The van der Waals surface area contributed by atoms with Crippen molar-refractivity contribution >= 4 is 34.3 Å². The quantitative estimate of drug-likeness (QED) is 0.170. The number of halogens is 1. The minimum atomic E-state index is 0.296. The number of nitrogens with one attached hydrogen (secondary N) is 1. The molecule has 2 aromatic carbocycles.